The highest BCUT2D eigenvalue weighted by molar-refractivity contribution is 5.88. The van der Waals surface area contributed by atoms with Gasteiger partial charge in [-0.3, -0.25) is 9.59 Å². The summed E-state index contributed by atoms with van der Waals surface area (Å²) >= 11 is 0. The molecule has 2 rings (SSSR count). The van der Waals surface area contributed by atoms with E-state index in [9.17, 15) is 9.59 Å². The monoisotopic (exact) mass is 314 g/mol. The molecule has 2 aromatic rings. The zero-order valence-corrected chi connectivity index (χ0v) is 13.4. The molecule has 2 amide bonds. The molecule has 0 saturated heterocycles. The summed E-state index contributed by atoms with van der Waals surface area (Å²) in [7, 11) is 0. The first-order valence-corrected chi connectivity index (χ1v) is 7.70. The zero-order chi connectivity index (χ0) is 16.7. The zero-order valence-electron chi connectivity index (χ0n) is 13.4. The summed E-state index contributed by atoms with van der Waals surface area (Å²) in [6, 6.07) is 12.6. The number of rotatable bonds is 7. The van der Waals surface area contributed by atoms with Crippen LogP contribution in [0.5, 0.6) is 0 Å². The van der Waals surface area contributed by atoms with Crippen molar-refractivity contribution in [2.24, 2.45) is 5.92 Å². The van der Waals surface area contributed by atoms with Crippen molar-refractivity contribution < 1.29 is 14.0 Å². The Labute approximate surface area is 136 Å². The molecule has 0 radical (unpaired) electrons. The predicted molar refractivity (Wildman–Crippen MR) is 87.5 cm³/mol. The van der Waals surface area contributed by atoms with Crippen LogP contribution in [0.4, 0.5) is 0 Å². The van der Waals surface area contributed by atoms with Crippen molar-refractivity contribution in [3.05, 3.63) is 60.1 Å². The van der Waals surface area contributed by atoms with E-state index in [0.717, 1.165) is 5.56 Å². The van der Waals surface area contributed by atoms with Crippen molar-refractivity contribution in [2.45, 2.75) is 32.9 Å². The molecule has 122 valence electrons. The number of amides is 2. The lowest BCUT2D eigenvalue weighted by molar-refractivity contribution is -0.130. The largest absolute Gasteiger partial charge is 0.467 e. The molecule has 0 unspecified atom stereocenters. The van der Waals surface area contributed by atoms with Gasteiger partial charge in [0.15, 0.2) is 0 Å². The number of hydrogen-bond acceptors (Lipinski definition) is 3. The highest BCUT2D eigenvalue weighted by atomic mass is 16.3. The van der Waals surface area contributed by atoms with E-state index in [0.29, 0.717) is 18.7 Å². The van der Waals surface area contributed by atoms with Gasteiger partial charge in [0.2, 0.25) is 11.8 Å². The molecule has 1 heterocycles. The van der Waals surface area contributed by atoms with Gasteiger partial charge in [-0.25, -0.2) is 0 Å². The summed E-state index contributed by atoms with van der Waals surface area (Å²) in [4.78, 5) is 24.4. The Bertz CT molecular complexity index is 621. The van der Waals surface area contributed by atoms with Gasteiger partial charge in [0, 0.05) is 12.3 Å². The van der Waals surface area contributed by atoms with Gasteiger partial charge in [-0.2, -0.15) is 0 Å². The minimum absolute atomic E-state index is 0.140. The van der Waals surface area contributed by atoms with Gasteiger partial charge in [0.05, 0.1) is 12.8 Å². The third-order valence-corrected chi connectivity index (χ3v) is 3.46. The Morgan fingerprint density at radius 2 is 1.78 bits per heavy atom. The van der Waals surface area contributed by atoms with Crippen molar-refractivity contribution in [1.82, 2.24) is 10.6 Å². The number of furan rings is 1. The second-order valence-electron chi connectivity index (χ2n) is 5.70. The summed E-state index contributed by atoms with van der Waals surface area (Å²) in [5.41, 5.74) is 0.995. The topological polar surface area (TPSA) is 71.3 Å². The van der Waals surface area contributed by atoms with Crippen LogP contribution in [-0.2, 0) is 22.6 Å². The lowest BCUT2D eigenvalue weighted by Crippen LogP contribution is -2.48. The van der Waals surface area contributed by atoms with E-state index in [-0.39, 0.29) is 17.7 Å². The van der Waals surface area contributed by atoms with Crippen LogP contribution in [0, 0.1) is 5.92 Å². The Kier molecular flexibility index (Phi) is 5.97. The summed E-state index contributed by atoms with van der Waals surface area (Å²) in [5.74, 6) is 0.136. The van der Waals surface area contributed by atoms with Crippen molar-refractivity contribution >= 4 is 11.8 Å². The lowest BCUT2D eigenvalue weighted by atomic mass is 10.0. The smallest absolute Gasteiger partial charge is 0.243 e. The summed E-state index contributed by atoms with van der Waals surface area (Å²) in [6.07, 6.45) is 2.01. The van der Waals surface area contributed by atoms with Crippen molar-refractivity contribution in [2.75, 3.05) is 0 Å². The van der Waals surface area contributed by atoms with Gasteiger partial charge in [0.25, 0.3) is 0 Å². The fourth-order valence-electron chi connectivity index (χ4n) is 2.11. The maximum atomic E-state index is 12.4. The SMILES string of the molecule is CC(C)C(=O)N[C@@H](Cc1ccccc1)C(=O)NCc1ccco1. The molecule has 0 bridgehead atoms. The average molecular weight is 314 g/mol. The van der Waals surface area contributed by atoms with Gasteiger partial charge in [-0.05, 0) is 17.7 Å². The Balaban J connectivity index is 2.02. The molecule has 0 aliphatic rings. The third-order valence-electron chi connectivity index (χ3n) is 3.46. The fourth-order valence-corrected chi connectivity index (χ4v) is 2.11. The van der Waals surface area contributed by atoms with Crippen LogP contribution in [0.1, 0.15) is 25.2 Å². The molecule has 0 aliphatic heterocycles. The van der Waals surface area contributed by atoms with Crippen molar-refractivity contribution in [3.63, 3.8) is 0 Å². The van der Waals surface area contributed by atoms with E-state index >= 15 is 0 Å². The van der Waals surface area contributed by atoms with Crippen molar-refractivity contribution in [3.8, 4) is 0 Å². The Morgan fingerprint density at radius 3 is 2.39 bits per heavy atom. The summed E-state index contributed by atoms with van der Waals surface area (Å²) in [5, 5.41) is 5.62. The number of benzene rings is 1. The van der Waals surface area contributed by atoms with Crippen LogP contribution in [0.2, 0.25) is 0 Å². The third kappa shape index (κ3) is 5.29. The maximum absolute atomic E-state index is 12.4. The normalized spacial score (nSPS) is 12.0. The molecule has 0 saturated carbocycles. The van der Waals surface area contributed by atoms with Crippen LogP contribution in [-0.4, -0.2) is 17.9 Å². The van der Waals surface area contributed by atoms with Crippen LogP contribution in [0.3, 0.4) is 0 Å². The van der Waals surface area contributed by atoms with E-state index in [1.165, 1.54) is 0 Å². The molecule has 1 aromatic heterocycles. The average Bonchev–Trinajstić information content (AvgIpc) is 3.06. The Hall–Kier alpha value is -2.56. The van der Waals surface area contributed by atoms with Gasteiger partial charge >= 0.3 is 0 Å². The first-order valence-electron chi connectivity index (χ1n) is 7.70. The van der Waals surface area contributed by atoms with Gasteiger partial charge < -0.3 is 15.1 Å². The standard InChI is InChI=1S/C18H22N2O3/c1-13(2)17(21)20-16(11-14-7-4-3-5-8-14)18(22)19-12-15-9-6-10-23-15/h3-10,13,16H,11-12H2,1-2H3,(H,19,22)(H,20,21)/t16-/m0/s1. The first kappa shape index (κ1) is 16.8. The van der Waals surface area contributed by atoms with E-state index < -0.39 is 6.04 Å². The molecule has 1 atom stereocenters. The number of carbonyl (C=O) groups excluding carboxylic acids is 2. The summed E-state index contributed by atoms with van der Waals surface area (Å²) < 4.78 is 5.20. The van der Waals surface area contributed by atoms with Gasteiger partial charge in [-0.15, -0.1) is 0 Å². The highest BCUT2D eigenvalue weighted by Crippen LogP contribution is 2.06. The minimum Gasteiger partial charge on any atom is -0.467 e. The van der Waals surface area contributed by atoms with Crippen LogP contribution in [0.15, 0.2) is 53.1 Å². The molecule has 2 N–H and O–H groups in total. The molecule has 1 aromatic carbocycles. The molecule has 0 fully saturated rings. The minimum atomic E-state index is -0.609. The molecular formula is C18H22N2O3. The van der Waals surface area contributed by atoms with E-state index in [1.54, 1.807) is 32.2 Å². The molecule has 0 aliphatic carbocycles. The van der Waals surface area contributed by atoms with Crippen LogP contribution in [0.25, 0.3) is 0 Å². The predicted octanol–water partition coefficient (Wildman–Crippen LogP) is 2.28. The molecule has 23 heavy (non-hydrogen) atoms. The van der Waals surface area contributed by atoms with Gasteiger partial charge in [-0.1, -0.05) is 44.2 Å². The van der Waals surface area contributed by atoms with Gasteiger partial charge in [0.1, 0.15) is 11.8 Å². The van der Waals surface area contributed by atoms with E-state index in [1.807, 2.05) is 30.3 Å². The highest BCUT2D eigenvalue weighted by Gasteiger charge is 2.22. The molecule has 0 spiro atoms. The Morgan fingerprint density at radius 1 is 1.04 bits per heavy atom. The van der Waals surface area contributed by atoms with E-state index in [2.05, 4.69) is 10.6 Å². The second-order valence-corrected chi connectivity index (χ2v) is 5.70. The quantitative estimate of drug-likeness (QED) is 0.823. The molecule has 5 heteroatoms. The lowest BCUT2D eigenvalue weighted by Gasteiger charge is -2.19. The molecular weight excluding hydrogens is 292 g/mol. The number of carbonyl (C=O) groups is 2. The number of hydrogen-bond donors (Lipinski definition) is 2. The first-order chi connectivity index (χ1) is 11.1. The summed E-state index contributed by atoms with van der Waals surface area (Å²) in [6.45, 7) is 3.90. The van der Waals surface area contributed by atoms with E-state index in [4.69, 9.17) is 4.42 Å². The number of nitrogens with one attached hydrogen (secondary N) is 2. The van der Waals surface area contributed by atoms with Crippen LogP contribution < -0.4 is 10.6 Å². The van der Waals surface area contributed by atoms with Crippen LogP contribution >= 0.6 is 0 Å². The second kappa shape index (κ2) is 8.17. The molecule has 5 nitrogen and oxygen atoms in total. The maximum Gasteiger partial charge on any atom is 0.243 e. The fraction of sp³-hybridized carbons (Fsp3) is 0.333. The van der Waals surface area contributed by atoms with Crippen molar-refractivity contribution in [1.29, 1.82) is 0 Å².